The van der Waals surface area contributed by atoms with Crippen molar-refractivity contribution in [2.75, 3.05) is 12.4 Å². The molecule has 1 saturated carbocycles. The van der Waals surface area contributed by atoms with E-state index in [0.717, 1.165) is 47.4 Å². The summed E-state index contributed by atoms with van der Waals surface area (Å²) in [6, 6.07) is 2.25. The highest BCUT2D eigenvalue weighted by atomic mass is 32.2. The average molecular weight is 461 g/mol. The molecule has 4 rings (SSSR count). The van der Waals surface area contributed by atoms with Gasteiger partial charge in [0.25, 0.3) is 5.56 Å². The Hall–Kier alpha value is -1.89. The number of nitriles is 1. The molecule has 9 heteroatoms. The summed E-state index contributed by atoms with van der Waals surface area (Å²) in [5.41, 5.74) is 0.180. The van der Waals surface area contributed by atoms with E-state index in [-0.39, 0.29) is 29.2 Å². The summed E-state index contributed by atoms with van der Waals surface area (Å²) < 4.78 is 7.46. The topological polar surface area (TPSA) is 97.0 Å². The highest BCUT2D eigenvalue weighted by molar-refractivity contribution is 7.99. The van der Waals surface area contributed by atoms with Crippen molar-refractivity contribution < 1.29 is 9.53 Å². The number of carbonyl (C=O) groups excluding carboxylic acids is 1. The van der Waals surface area contributed by atoms with Gasteiger partial charge in [0, 0.05) is 11.5 Å². The van der Waals surface area contributed by atoms with Crippen LogP contribution in [0.25, 0.3) is 10.2 Å². The molecule has 31 heavy (non-hydrogen) atoms. The number of aryl methyl sites for hydroxylation is 2. The van der Waals surface area contributed by atoms with Crippen LogP contribution in [-0.2, 0) is 22.5 Å². The molecule has 3 heterocycles. The highest BCUT2D eigenvalue weighted by Gasteiger charge is 2.43. The zero-order valence-electron chi connectivity index (χ0n) is 18.2. The first kappa shape index (κ1) is 22.3. The number of fused-ring (bicyclic) bond motifs is 1. The van der Waals surface area contributed by atoms with E-state index in [1.54, 1.807) is 11.5 Å². The van der Waals surface area contributed by atoms with Crippen molar-refractivity contribution in [1.82, 2.24) is 14.9 Å². The predicted molar refractivity (Wildman–Crippen MR) is 123 cm³/mol. The molecule has 2 aromatic rings. The van der Waals surface area contributed by atoms with Gasteiger partial charge in [-0.05, 0) is 57.4 Å². The molecule has 2 aromatic heterocycles. The molecule has 0 radical (unpaired) electrons. The molecule has 2 fully saturated rings. The number of rotatable bonds is 8. The Morgan fingerprint density at radius 2 is 2.23 bits per heavy atom. The molecule has 0 bridgehead atoms. The Bertz CT molecular complexity index is 1090. The van der Waals surface area contributed by atoms with Gasteiger partial charge >= 0.3 is 0 Å². The van der Waals surface area contributed by atoms with Gasteiger partial charge < -0.3 is 10.1 Å². The van der Waals surface area contributed by atoms with Crippen LogP contribution in [0.5, 0.6) is 0 Å². The average Bonchev–Trinajstić information content (AvgIpc) is 3.39. The molecular weight excluding hydrogens is 432 g/mol. The van der Waals surface area contributed by atoms with Crippen molar-refractivity contribution in [2.45, 2.75) is 76.2 Å². The number of ether oxygens (including phenoxy) is 1. The van der Waals surface area contributed by atoms with Crippen LogP contribution in [0.2, 0.25) is 0 Å². The molecular formula is C22H28N4O3S2. The molecule has 2 atom stereocenters. The quantitative estimate of drug-likeness (QED) is 0.479. The van der Waals surface area contributed by atoms with E-state index in [1.807, 2.05) is 6.92 Å². The zero-order chi connectivity index (χ0) is 22.2. The maximum Gasteiger partial charge on any atom is 0.263 e. The van der Waals surface area contributed by atoms with Gasteiger partial charge in [0.05, 0.1) is 29.9 Å². The van der Waals surface area contributed by atoms with Gasteiger partial charge in [-0.25, -0.2) is 4.98 Å². The number of carbonyl (C=O) groups is 1. The first-order valence-corrected chi connectivity index (χ1v) is 12.7. The second kappa shape index (κ2) is 8.93. The largest absolute Gasteiger partial charge is 0.376 e. The van der Waals surface area contributed by atoms with Crippen molar-refractivity contribution in [3.8, 4) is 6.07 Å². The fourth-order valence-corrected chi connectivity index (χ4v) is 6.22. The van der Waals surface area contributed by atoms with Crippen LogP contribution in [0.1, 0.15) is 50.0 Å². The lowest BCUT2D eigenvalue weighted by molar-refractivity contribution is -0.119. The van der Waals surface area contributed by atoms with E-state index in [0.29, 0.717) is 23.7 Å². The SMILES string of the molecule is CCc1c(C)sc2nc(SCC(=O)N[C@@](C)(C#N)C3CC3)n(C[C@@H]3CCCO3)c(=O)c12. The van der Waals surface area contributed by atoms with Gasteiger partial charge in [-0.2, -0.15) is 5.26 Å². The maximum absolute atomic E-state index is 13.5. The Balaban J connectivity index is 1.61. The minimum absolute atomic E-state index is 0.00770. The molecule has 1 saturated heterocycles. The van der Waals surface area contributed by atoms with Crippen LogP contribution < -0.4 is 10.9 Å². The molecule has 0 unspecified atom stereocenters. The molecule has 166 valence electrons. The van der Waals surface area contributed by atoms with Gasteiger partial charge in [0.1, 0.15) is 10.4 Å². The van der Waals surface area contributed by atoms with E-state index in [1.165, 1.54) is 23.1 Å². The summed E-state index contributed by atoms with van der Waals surface area (Å²) in [6.45, 7) is 7.02. The number of amides is 1. The number of thiophene rings is 1. The number of thioether (sulfide) groups is 1. The molecule has 1 amide bonds. The second-order valence-corrected chi connectivity index (χ2v) is 10.7. The Morgan fingerprint density at radius 3 is 2.84 bits per heavy atom. The summed E-state index contributed by atoms with van der Waals surface area (Å²) in [5, 5.41) is 13.6. The van der Waals surface area contributed by atoms with Crippen LogP contribution in [0.15, 0.2) is 9.95 Å². The summed E-state index contributed by atoms with van der Waals surface area (Å²) in [7, 11) is 0. The zero-order valence-corrected chi connectivity index (χ0v) is 19.8. The summed E-state index contributed by atoms with van der Waals surface area (Å²) in [5.74, 6) is 0.120. The van der Waals surface area contributed by atoms with Crippen LogP contribution in [0.4, 0.5) is 0 Å². The Kier molecular flexibility index (Phi) is 6.42. The van der Waals surface area contributed by atoms with Gasteiger partial charge in [0.15, 0.2) is 5.16 Å². The maximum atomic E-state index is 13.5. The molecule has 1 N–H and O–H groups in total. The third kappa shape index (κ3) is 4.52. The van der Waals surface area contributed by atoms with E-state index in [9.17, 15) is 14.9 Å². The standard InChI is InChI=1S/C22H28N4O3S2/c1-4-16-13(2)31-19-18(16)20(28)26(10-15-6-5-9-29-15)21(24-19)30-11-17(27)25-22(3,12-23)14-7-8-14/h14-15H,4-11H2,1-3H3,(H,25,27)/t15-,22-/m0/s1. The smallest absolute Gasteiger partial charge is 0.263 e. The number of aromatic nitrogens is 2. The number of hydrogen-bond donors (Lipinski definition) is 1. The van der Waals surface area contributed by atoms with Crippen molar-refractivity contribution in [3.05, 3.63) is 20.8 Å². The Labute approximate surface area is 190 Å². The van der Waals surface area contributed by atoms with Crippen LogP contribution in [-0.4, -0.2) is 39.5 Å². The third-order valence-electron chi connectivity index (χ3n) is 6.20. The van der Waals surface area contributed by atoms with E-state index in [2.05, 4.69) is 18.3 Å². The van der Waals surface area contributed by atoms with Crippen molar-refractivity contribution in [2.24, 2.45) is 5.92 Å². The fourth-order valence-electron chi connectivity index (χ4n) is 4.26. The predicted octanol–water partition coefficient (Wildman–Crippen LogP) is 3.41. The number of nitrogens with zero attached hydrogens (tertiary/aromatic N) is 3. The Morgan fingerprint density at radius 1 is 1.45 bits per heavy atom. The van der Waals surface area contributed by atoms with E-state index in [4.69, 9.17) is 9.72 Å². The third-order valence-corrected chi connectivity index (χ3v) is 8.22. The second-order valence-electron chi connectivity index (χ2n) is 8.54. The number of nitrogens with one attached hydrogen (secondary N) is 1. The monoisotopic (exact) mass is 460 g/mol. The van der Waals surface area contributed by atoms with Gasteiger partial charge in [-0.1, -0.05) is 18.7 Å². The van der Waals surface area contributed by atoms with Crippen molar-refractivity contribution in [3.63, 3.8) is 0 Å². The lowest BCUT2D eigenvalue weighted by atomic mass is 9.98. The fraction of sp³-hybridized carbons (Fsp3) is 0.636. The molecule has 2 aliphatic rings. The summed E-state index contributed by atoms with van der Waals surface area (Å²) in [6.07, 6.45) is 4.62. The van der Waals surface area contributed by atoms with Crippen LogP contribution in [0, 0.1) is 24.2 Å². The first-order valence-electron chi connectivity index (χ1n) is 10.9. The van der Waals surface area contributed by atoms with Crippen molar-refractivity contribution in [1.29, 1.82) is 5.26 Å². The van der Waals surface area contributed by atoms with Crippen LogP contribution in [0.3, 0.4) is 0 Å². The minimum Gasteiger partial charge on any atom is -0.376 e. The molecule has 7 nitrogen and oxygen atoms in total. The molecule has 1 aliphatic heterocycles. The van der Waals surface area contributed by atoms with Gasteiger partial charge in [-0.3, -0.25) is 14.2 Å². The lowest BCUT2D eigenvalue weighted by Gasteiger charge is -2.23. The molecule has 0 spiro atoms. The van der Waals surface area contributed by atoms with Gasteiger partial charge in [0.2, 0.25) is 5.91 Å². The minimum atomic E-state index is -0.826. The van der Waals surface area contributed by atoms with E-state index >= 15 is 0 Å². The molecule has 0 aromatic carbocycles. The van der Waals surface area contributed by atoms with E-state index < -0.39 is 5.54 Å². The van der Waals surface area contributed by atoms with Crippen LogP contribution >= 0.6 is 23.1 Å². The summed E-state index contributed by atoms with van der Waals surface area (Å²) >= 11 is 2.79. The lowest BCUT2D eigenvalue weighted by Crippen LogP contribution is -2.47. The summed E-state index contributed by atoms with van der Waals surface area (Å²) in [4.78, 5) is 32.7. The van der Waals surface area contributed by atoms with Crippen molar-refractivity contribution >= 4 is 39.2 Å². The normalized spacial score (nSPS) is 20.5. The first-order chi connectivity index (χ1) is 14.9. The number of hydrogen-bond acceptors (Lipinski definition) is 7. The molecule has 1 aliphatic carbocycles. The highest BCUT2D eigenvalue weighted by Crippen LogP contribution is 2.39. The van der Waals surface area contributed by atoms with Gasteiger partial charge in [-0.15, -0.1) is 11.3 Å².